The fourth-order valence-corrected chi connectivity index (χ4v) is 4.44. The zero-order valence-electron chi connectivity index (χ0n) is 11.7. The minimum Gasteiger partial charge on any atom is -0.294 e. The minimum atomic E-state index is -0.315. The summed E-state index contributed by atoms with van der Waals surface area (Å²) in [6.45, 7) is 8.66. The second kappa shape index (κ2) is 3.67. The van der Waals surface area contributed by atoms with Gasteiger partial charge in [-0.1, -0.05) is 19.9 Å². The minimum absolute atomic E-state index is 0.0739. The van der Waals surface area contributed by atoms with Gasteiger partial charge in [-0.25, -0.2) is 9.78 Å². The molecular formula is C15H22O3. The number of hydrogen-bond donors (Lipinski definition) is 0. The summed E-state index contributed by atoms with van der Waals surface area (Å²) in [6, 6.07) is 0. The first kappa shape index (κ1) is 12.4. The van der Waals surface area contributed by atoms with E-state index in [9.17, 15) is 4.79 Å². The Kier molecular flexibility index (Phi) is 2.52. The van der Waals surface area contributed by atoms with Crippen molar-refractivity contribution < 1.29 is 14.6 Å². The summed E-state index contributed by atoms with van der Waals surface area (Å²) in [7, 11) is 0. The van der Waals surface area contributed by atoms with Crippen LogP contribution in [0.25, 0.3) is 0 Å². The average molecular weight is 250 g/mol. The van der Waals surface area contributed by atoms with Crippen LogP contribution in [0.1, 0.15) is 47.0 Å². The Morgan fingerprint density at radius 2 is 2.06 bits per heavy atom. The van der Waals surface area contributed by atoms with E-state index in [0.29, 0.717) is 12.3 Å². The van der Waals surface area contributed by atoms with Crippen molar-refractivity contribution in [2.45, 2.75) is 58.7 Å². The van der Waals surface area contributed by atoms with Gasteiger partial charge in [-0.05, 0) is 38.2 Å². The van der Waals surface area contributed by atoms with Crippen LogP contribution in [0.2, 0.25) is 0 Å². The number of carbonyl (C=O) groups is 1. The van der Waals surface area contributed by atoms with E-state index in [-0.39, 0.29) is 28.8 Å². The monoisotopic (exact) mass is 250 g/mol. The third kappa shape index (κ3) is 1.41. The molecule has 3 heteroatoms. The predicted octanol–water partition coefficient (Wildman–Crippen LogP) is 3.05. The van der Waals surface area contributed by atoms with E-state index < -0.39 is 0 Å². The van der Waals surface area contributed by atoms with E-state index >= 15 is 0 Å². The number of rotatable bonds is 0. The summed E-state index contributed by atoms with van der Waals surface area (Å²) in [5.74, 6) is 1.02. The van der Waals surface area contributed by atoms with Crippen molar-refractivity contribution in [2.24, 2.45) is 17.3 Å². The van der Waals surface area contributed by atoms with Crippen LogP contribution >= 0.6 is 0 Å². The lowest BCUT2D eigenvalue weighted by Gasteiger charge is -2.51. The van der Waals surface area contributed by atoms with E-state index in [1.165, 1.54) is 0 Å². The predicted molar refractivity (Wildman–Crippen MR) is 67.7 cm³/mol. The molecule has 0 N–H and O–H groups in total. The average Bonchev–Trinajstić information content (AvgIpc) is 2.58. The van der Waals surface area contributed by atoms with Gasteiger partial charge in [0.25, 0.3) is 0 Å². The highest BCUT2D eigenvalue weighted by atomic mass is 17.2. The molecule has 18 heavy (non-hydrogen) atoms. The van der Waals surface area contributed by atoms with Crippen LogP contribution in [-0.2, 0) is 14.6 Å². The Morgan fingerprint density at radius 1 is 1.33 bits per heavy atom. The third-order valence-corrected chi connectivity index (χ3v) is 5.39. The summed E-state index contributed by atoms with van der Waals surface area (Å²) in [4.78, 5) is 23.3. The van der Waals surface area contributed by atoms with Crippen molar-refractivity contribution in [1.29, 1.82) is 0 Å². The van der Waals surface area contributed by atoms with E-state index in [4.69, 9.17) is 9.78 Å². The second-order valence-corrected chi connectivity index (χ2v) is 6.81. The first-order valence-corrected chi connectivity index (χ1v) is 6.95. The molecule has 4 atom stereocenters. The van der Waals surface area contributed by atoms with Crippen molar-refractivity contribution in [2.75, 3.05) is 0 Å². The molecule has 1 saturated carbocycles. The van der Waals surface area contributed by atoms with E-state index in [1.807, 2.05) is 0 Å². The van der Waals surface area contributed by atoms with Crippen molar-refractivity contribution in [3.05, 3.63) is 11.6 Å². The van der Waals surface area contributed by atoms with E-state index in [2.05, 4.69) is 33.8 Å². The number of Topliss-reactive ketones (excluding diaryl/α,β-unsaturated/α-hetero) is 1. The van der Waals surface area contributed by atoms with Crippen LogP contribution in [0, 0.1) is 17.3 Å². The molecule has 100 valence electrons. The molecule has 2 fully saturated rings. The second-order valence-electron chi connectivity index (χ2n) is 6.81. The Morgan fingerprint density at radius 3 is 2.78 bits per heavy atom. The molecule has 1 saturated heterocycles. The van der Waals surface area contributed by atoms with Gasteiger partial charge in [0.05, 0.1) is 0 Å². The van der Waals surface area contributed by atoms with Gasteiger partial charge < -0.3 is 0 Å². The van der Waals surface area contributed by atoms with Gasteiger partial charge >= 0.3 is 0 Å². The van der Waals surface area contributed by atoms with Gasteiger partial charge in [0, 0.05) is 17.8 Å². The summed E-state index contributed by atoms with van der Waals surface area (Å²) in [5.41, 5.74) is 0.618. The Labute approximate surface area is 108 Å². The van der Waals surface area contributed by atoms with Crippen LogP contribution < -0.4 is 0 Å². The lowest BCUT2D eigenvalue weighted by Crippen LogP contribution is -2.54. The van der Waals surface area contributed by atoms with Crippen molar-refractivity contribution >= 4 is 5.78 Å². The van der Waals surface area contributed by atoms with Crippen LogP contribution in [0.15, 0.2) is 11.6 Å². The van der Waals surface area contributed by atoms with Gasteiger partial charge in [-0.3, -0.25) is 4.79 Å². The molecule has 3 nitrogen and oxygen atoms in total. The SMILES string of the molecule is C[C@H]1CCC=C2C(=O)C[C@H]3OOC(C)(C)[C@@H]3[C@]21C. The van der Waals surface area contributed by atoms with Gasteiger partial charge in [0.15, 0.2) is 5.78 Å². The standard InChI is InChI=1S/C15H22O3/c1-9-6-5-7-10-11(16)8-12-13(15(9,10)4)14(2,3)18-17-12/h7,9,12-13H,5-6,8H2,1-4H3/t9-,12+,13+,15-/m0/s1. The fourth-order valence-electron chi connectivity index (χ4n) is 4.44. The molecule has 0 aromatic rings. The van der Waals surface area contributed by atoms with Gasteiger partial charge in [-0.2, -0.15) is 0 Å². The van der Waals surface area contributed by atoms with Crippen LogP contribution in [0.3, 0.4) is 0 Å². The molecule has 0 spiro atoms. The van der Waals surface area contributed by atoms with Crippen LogP contribution in [-0.4, -0.2) is 17.5 Å². The van der Waals surface area contributed by atoms with Crippen molar-refractivity contribution in [3.63, 3.8) is 0 Å². The third-order valence-electron chi connectivity index (χ3n) is 5.39. The molecule has 0 bridgehead atoms. The smallest absolute Gasteiger partial charge is 0.161 e. The van der Waals surface area contributed by atoms with E-state index in [1.54, 1.807) is 0 Å². The lowest BCUT2D eigenvalue weighted by molar-refractivity contribution is -0.318. The Bertz CT molecular complexity index is 423. The Balaban J connectivity index is 2.13. The maximum absolute atomic E-state index is 12.3. The zero-order chi connectivity index (χ0) is 13.1. The van der Waals surface area contributed by atoms with Crippen LogP contribution in [0.4, 0.5) is 0 Å². The molecule has 0 aromatic carbocycles. The zero-order valence-corrected chi connectivity index (χ0v) is 11.7. The van der Waals surface area contributed by atoms with E-state index in [0.717, 1.165) is 18.4 Å². The molecule has 0 aromatic heterocycles. The topological polar surface area (TPSA) is 35.5 Å². The van der Waals surface area contributed by atoms with Crippen molar-refractivity contribution in [3.8, 4) is 0 Å². The summed E-state index contributed by atoms with van der Waals surface area (Å²) >= 11 is 0. The highest BCUT2D eigenvalue weighted by Crippen LogP contribution is 2.59. The molecular weight excluding hydrogens is 228 g/mol. The number of ketones is 1. The summed E-state index contributed by atoms with van der Waals surface area (Å²) in [6.07, 6.45) is 4.73. The number of carbonyl (C=O) groups excluding carboxylic acids is 1. The number of hydrogen-bond acceptors (Lipinski definition) is 3. The highest BCUT2D eigenvalue weighted by Gasteiger charge is 2.62. The normalized spacial score (nSPS) is 46.3. The molecule has 1 aliphatic heterocycles. The van der Waals surface area contributed by atoms with Crippen LogP contribution in [0.5, 0.6) is 0 Å². The van der Waals surface area contributed by atoms with Crippen molar-refractivity contribution in [1.82, 2.24) is 0 Å². The molecule has 3 aliphatic rings. The first-order chi connectivity index (χ1) is 8.37. The molecule has 0 unspecified atom stereocenters. The van der Waals surface area contributed by atoms with Gasteiger partial charge in [0.1, 0.15) is 11.7 Å². The molecule has 0 radical (unpaired) electrons. The molecule has 3 rings (SSSR count). The van der Waals surface area contributed by atoms with Gasteiger partial charge in [0.2, 0.25) is 0 Å². The molecule has 0 amide bonds. The summed E-state index contributed by atoms with van der Waals surface area (Å²) in [5, 5.41) is 0. The number of allylic oxidation sites excluding steroid dienone is 2. The van der Waals surface area contributed by atoms with Gasteiger partial charge in [-0.15, -0.1) is 0 Å². The quantitative estimate of drug-likeness (QED) is 0.620. The fraction of sp³-hybridized carbons (Fsp3) is 0.800. The highest BCUT2D eigenvalue weighted by molar-refractivity contribution is 5.98. The lowest BCUT2D eigenvalue weighted by atomic mass is 9.51. The molecule has 1 heterocycles. The molecule has 2 aliphatic carbocycles. The Hall–Kier alpha value is -0.670. The summed E-state index contributed by atoms with van der Waals surface area (Å²) < 4.78 is 0. The maximum Gasteiger partial charge on any atom is 0.161 e. The maximum atomic E-state index is 12.3. The largest absolute Gasteiger partial charge is 0.294 e. The number of fused-ring (bicyclic) bond motifs is 3. The first-order valence-electron chi connectivity index (χ1n) is 6.95.